The third kappa shape index (κ3) is 3.20. The molecule has 0 heterocycles. The number of hydrogen-bond donors (Lipinski definition) is 0. The van der Waals surface area contributed by atoms with E-state index in [1.807, 2.05) is 38.1 Å². The second-order valence-corrected chi connectivity index (χ2v) is 4.88. The van der Waals surface area contributed by atoms with E-state index >= 15 is 0 Å². The van der Waals surface area contributed by atoms with E-state index in [1.165, 1.54) is 12.1 Å². The molecule has 0 saturated carbocycles. The van der Waals surface area contributed by atoms with Crippen LogP contribution in [-0.2, 0) is 6.42 Å². The maximum Gasteiger partial charge on any atom is 0.123 e. The molecule has 0 saturated heterocycles. The summed E-state index contributed by atoms with van der Waals surface area (Å²) in [6.07, 6.45) is 0.540. The zero-order valence-electron chi connectivity index (χ0n) is 11.2. The van der Waals surface area contributed by atoms with Gasteiger partial charge in [-0.1, -0.05) is 35.9 Å². The molecule has 0 bridgehead atoms. The fourth-order valence-corrected chi connectivity index (χ4v) is 2.26. The lowest BCUT2D eigenvalue weighted by Gasteiger charge is -2.13. The molecular formula is C17H16FN. The van der Waals surface area contributed by atoms with Crippen LogP contribution in [0.1, 0.15) is 28.2 Å². The Bertz CT molecular complexity index is 625. The summed E-state index contributed by atoms with van der Waals surface area (Å²) in [6.45, 7) is 4.02. The predicted octanol–water partition coefficient (Wildman–Crippen LogP) is 4.29. The molecule has 0 radical (unpaired) electrons. The largest absolute Gasteiger partial charge is 0.207 e. The molecule has 2 aromatic rings. The second-order valence-electron chi connectivity index (χ2n) is 4.88. The third-order valence-corrected chi connectivity index (χ3v) is 3.29. The van der Waals surface area contributed by atoms with E-state index in [-0.39, 0.29) is 11.7 Å². The van der Waals surface area contributed by atoms with Crippen molar-refractivity contribution in [3.63, 3.8) is 0 Å². The molecule has 96 valence electrons. The minimum absolute atomic E-state index is 0.235. The van der Waals surface area contributed by atoms with Crippen molar-refractivity contribution in [1.82, 2.24) is 0 Å². The average molecular weight is 253 g/mol. The first-order chi connectivity index (χ1) is 9.10. The van der Waals surface area contributed by atoms with Crippen LogP contribution in [0.3, 0.4) is 0 Å². The highest BCUT2D eigenvalue weighted by molar-refractivity contribution is 5.37. The number of halogens is 1. The normalized spacial score (nSPS) is 11.9. The Morgan fingerprint density at radius 2 is 1.95 bits per heavy atom. The standard InChI is InChI=1S/C17H16FN/c1-12-6-7-13(2)17(8-12)15(11-19)9-14-4-3-5-16(18)10-14/h3-8,10,15H,9H2,1-2H3. The molecule has 0 amide bonds. The molecule has 19 heavy (non-hydrogen) atoms. The lowest BCUT2D eigenvalue weighted by Crippen LogP contribution is -2.03. The number of nitriles is 1. The Labute approximate surface area is 113 Å². The SMILES string of the molecule is Cc1ccc(C)c(C(C#N)Cc2cccc(F)c2)c1. The van der Waals surface area contributed by atoms with E-state index in [4.69, 9.17) is 0 Å². The van der Waals surface area contributed by atoms with Crippen molar-refractivity contribution in [1.29, 1.82) is 5.26 Å². The van der Waals surface area contributed by atoms with Crippen molar-refractivity contribution in [2.24, 2.45) is 0 Å². The molecule has 0 aliphatic carbocycles. The van der Waals surface area contributed by atoms with Crippen molar-refractivity contribution in [2.45, 2.75) is 26.2 Å². The summed E-state index contributed by atoms with van der Waals surface area (Å²) in [5.41, 5.74) is 4.13. The smallest absolute Gasteiger partial charge is 0.123 e. The molecule has 1 atom stereocenters. The quantitative estimate of drug-likeness (QED) is 0.800. The topological polar surface area (TPSA) is 23.8 Å². The van der Waals surface area contributed by atoms with Crippen LogP contribution in [0.4, 0.5) is 4.39 Å². The first kappa shape index (κ1) is 13.3. The first-order valence-electron chi connectivity index (χ1n) is 6.31. The van der Waals surface area contributed by atoms with E-state index < -0.39 is 0 Å². The lowest BCUT2D eigenvalue weighted by atomic mass is 9.89. The van der Waals surface area contributed by atoms with Crippen LogP contribution in [-0.4, -0.2) is 0 Å². The predicted molar refractivity (Wildman–Crippen MR) is 74.4 cm³/mol. The van der Waals surface area contributed by atoms with Crippen LogP contribution in [0.2, 0.25) is 0 Å². The molecule has 0 N–H and O–H groups in total. The molecule has 0 spiro atoms. The van der Waals surface area contributed by atoms with Crippen LogP contribution in [0, 0.1) is 31.0 Å². The van der Waals surface area contributed by atoms with E-state index in [0.29, 0.717) is 6.42 Å². The van der Waals surface area contributed by atoms with Gasteiger partial charge in [-0.25, -0.2) is 4.39 Å². The van der Waals surface area contributed by atoms with Crippen LogP contribution >= 0.6 is 0 Å². The summed E-state index contributed by atoms with van der Waals surface area (Å²) in [5, 5.41) is 9.38. The molecule has 0 fully saturated rings. The highest BCUT2D eigenvalue weighted by Crippen LogP contribution is 2.24. The Morgan fingerprint density at radius 3 is 2.63 bits per heavy atom. The number of rotatable bonds is 3. The van der Waals surface area contributed by atoms with Crippen LogP contribution in [0.5, 0.6) is 0 Å². The lowest BCUT2D eigenvalue weighted by molar-refractivity contribution is 0.624. The molecule has 0 aliphatic rings. The van der Waals surface area contributed by atoms with Gasteiger partial charge in [-0.2, -0.15) is 5.26 Å². The Balaban J connectivity index is 2.31. The van der Waals surface area contributed by atoms with Gasteiger partial charge < -0.3 is 0 Å². The van der Waals surface area contributed by atoms with Gasteiger partial charge in [-0.3, -0.25) is 0 Å². The molecule has 1 nitrogen and oxygen atoms in total. The highest BCUT2D eigenvalue weighted by Gasteiger charge is 2.14. The number of nitrogens with zero attached hydrogens (tertiary/aromatic N) is 1. The number of benzene rings is 2. The summed E-state index contributed by atoms with van der Waals surface area (Å²) in [4.78, 5) is 0. The van der Waals surface area contributed by atoms with Gasteiger partial charge in [0.05, 0.1) is 12.0 Å². The molecule has 2 heteroatoms. The van der Waals surface area contributed by atoms with E-state index in [0.717, 1.165) is 22.3 Å². The monoisotopic (exact) mass is 253 g/mol. The van der Waals surface area contributed by atoms with Crippen molar-refractivity contribution >= 4 is 0 Å². The van der Waals surface area contributed by atoms with Crippen molar-refractivity contribution in [2.75, 3.05) is 0 Å². The molecule has 0 aliphatic heterocycles. The van der Waals surface area contributed by atoms with Gasteiger partial charge in [0.25, 0.3) is 0 Å². The van der Waals surface area contributed by atoms with Crippen molar-refractivity contribution < 1.29 is 4.39 Å². The zero-order valence-corrected chi connectivity index (χ0v) is 11.2. The van der Waals surface area contributed by atoms with Crippen molar-refractivity contribution in [3.8, 4) is 6.07 Å². The Kier molecular flexibility index (Phi) is 3.97. The Hall–Kier alpha value is -2.14. The highest BCUT2D eigenvalue weighted by atomic mass is 19.1. The second kappa shape index (κ2) is 5.67. The summed E-state index contributed by atoms with van der Waals surface area (Å²) < 4.78 is 13.2. The van der Waals surface area contributed by atoms with Gasteiger partial charge in [0.1, 0.15) is 5.82 Å². The molecule has 1 unspecified atom stereocenters. The van der Waals surface area contributed by atoms with Crippen LogP contribution < -0.4 is 0 Å². The minimum Gasteiger partial charge on any atom is -0.207 e. The van der Waals surface area contributed by atoms with Gasteiger partial charge in [0.15, 0.2) is 0 Å². The zero-order chi connectivity index (χ0) is 13.8. The van der Waals surface area contributed by atoms with E-state index in [1.54, 1.807) is 6.07 Å². The van der Waals surface area contributed by atoms with E-state index in [9.17, 15) is 9.65 Å². The summed E-state index contributed by atoms with van der Waals surface area (Å²) in [5.74, 6) is -0.489. The minimum atomic E-state index is -0.254. The van der Waals surface area contributed by atoms with Gasteiger partial charge in [0, 0.05) is 0 Å². The van der Waals surface area contributed by atoms with Gasteiger partial charge in [0.2, 0.25) is 0 Å². The van der Waals surface area contributed by atoms with Crippen LogP contribution in [0.15, 0.2) is 42.5 Å². The Morgan fingerprint density at radius 1 is 1.16 bits per heavy atom. The average Bonchev–Trinajstić information content (AvgIpc) is 2.39. The fraction of sp³-hybridized carbons (Fsp3) is 0.235. The molecule has 2 aromatic carbocycles. The third-order valence-electron chi connectivity index (χ3n) is 3.29. The number of hydrogen-bond acceptors (Lipinski definition) is 1. The molecule has 0 aromatic heterocycles. The number of aryl methyl sites for hydroxylation is 2. The maximum atomic E-state index is 13.2. The van der Waals surface area contributed by atoms with Gasteiger partial charge in [-0.05, 0) is 49.1 Å². The molecular weight excluding hydrogens is 237 g/mol. The summed E-state index contributed by atoms with van der Waals surface area (Å²) >= 11 is 0. The van der Waals surface area contributed by atoms with Crippen LogP contribution in [0.25, 0.3) is 0 Å². The van der Waals surface area contributed by atoms with Crippen molar-refractivity contribution in [3.05, 3.63) is 70.5 Å². The first-order valence-corrected chi connectivity index (χ1v) is 6.31. The molecule has 2 rings (SSSR count). The van der Waals surface area contributed by atoms with Gasteiger partial charge in [-0.15, -0.1) is 0 Å². The summed E-state index contributed by atoms with van der Waals surface area (Å²) in [7, 11) is 0. The summed E-state index contributed by atoms with van der Waals surface area (Å²) in [6, 6.07) is 14.9. The van der Waals surface area contributed by atoms with E-state index in [2.05, 4.69) is 6.07 Å². The van der Waals surface area contributed by atoms with Gasteiger partial charge >= 0.3 is 0 Å². The fourth-order valence-electron chi connectivity index (χ4n) is 2.26. The maximum absolute atomic E-state index is 13.2.